The van der Waals surface area contributed by atoms with Gasteiger partial charge in [-0.25, -0.2) is 20.2 Å². The summed E-state index contributed by atoms with van der Waals surface area (Å²) in [6.45, 7) is 7.94. The Hall–Kier alpha value is -1.66. The molecule has 0 saturated heterocycles. The zero-order valence-corrected chi connectivity index (χ0v) is 13.4. The smallest absolute Gasteiger partial charge is 0.147 e. The molecule has 0 bridgehead atoms. The van der Waals surface area contributed by atoms with E-state index in [-0.39, 0.29) is 11.2 Å². The Morgan fingerprint density at radius 2 is 1.86 bits per heavy atom. The number of nitrogen functional groups attached to an aromatic ring is 1. The van der Waals surface area contributed by atoms with E-state index in [4.69, 9.17) is 5.84 Å². The summed E-state index contributed by atoms with van der Waals surface area (Å²) in [7, 11) is 0. The number of nitrogens with zero attached hydrogens (tertiary/aromatic N) is 2. The Morgan fingerprint density at radius 3 is 2.43 bits per heavy atom. The van der Waals surface area contributed by atoms with Gasteiger partial charge in [0.15, 0.2) is 0 Å². The van der Waals surface area contributed by atoms with Gasteiger partial charge >= 0.3 is 0 Å². The standard InChI is InChI=1S/C15H19FN4S/c1-9-12(20-17)18-14(15(2,3)4)19-13(9)21-11-8-6-5-7-10(11)16/h5-8H,17H2,1-4H3,(H,18,19,20). The third kappa shape index (κ3) is 3.51. The van der Waals surface area contributed by atoms with Crippen molar-refractivity contribution in [2.24, 2.45) is 5.84 Å². The highest BCUT2D eigenvalue weighted by molar-refractivity contribution is 7.99. The van der Waals surface area contributed by atoms with Crippen molar-refractivity contribution < 1.29 is 4.39 Å². The molecular formula is C15H19FN4S. The number of anilines is 1. The number of nitrogens with one attached hydrogen (secondary N) is 1. The molecule has 0 fully saturated rings. The third-order valence-corrected chi connectivity index (χ3v) is 4.09. The lowest BCUT2D eigenvalue weighted by atomic mass is 9.95. The van der Waals surface area contributed by atoms with E-state index in [1.165, 1.54) is 17.8 Å². The third-order valence-electron chi connectivity index (χ3n) is 2.95. The van der Waals surface area contributed by atoms with Crippen molar-refractivity contribution in [3.05, 3.63) is 41.5 Å². The van der Waals surface area contributed by atoms with Gasteiger partial charge in [0.25, 0.3) is 0 Å². The molecule has 0 radical (unpaired) electrons. The van der Waals surface area contributed by atoms with Crippen LogP contribution in [0, 0.1) is 12.7 Å². The molecule has 0 aliphatic heterocycles. The molecule has 0 saturated carbocycles. The Bertz CT molecular complexity index is 653. The van der Waals surface area contributed by atoms with Crippen LogP contribution in [0.25, 0.3) is 0 Å². The minimum Gasteiger partial charge on any atom is -0.308 e. The normalized spacial score (nSPS) is 11.5. The highest BCUT2D eigenvalue weighted by Gasteiger charge is 2.21. The van der Waals surface area contributed by atoms with Crippen LogP contribution in [0.15, 0.2) is 34.2 Å². The van der Waals surface area contributed by atoms with Crippen molar-refractivity contribution in [1.82, 2.24) is 9.97 Å². The van der Waals surface area contributed by atoms with Crippen LogP contribution in [0.1, 0.15) is 32.2 Å². The van der Waals surface area contributed by atoms with Crippen LogP contribution >= 0.6 is 11.8 Å². The SMILES string of the molecule is Cc1c(NN)nc(C(C)(C)C)nc1Sc1ccccc1F. The molecule has 1 aromatic carbocycles. The maximum absolute atomic E-state index is 13.8. The molecule has 2 aromatic rings. The number of hydrogen-bond donors (Lipinski definition) is 2. The van der Waals surface area contributed by atoms with Gasteiger partial charge in [-0.1, -0.05) is 44.7 Å². The molecule has 1 heterocycles. The molecular weight excluding hydrogens is 287 g/mol. The number of aromatic nitrogens is 2. The van der Waals surface area contributed by atoms with Crippen LogP contribution in [0.4, 0.5) is 10.2 Å². The van der Waals surface area contributed by atoms with Gasteiger partial charge in [-0.3, -0.25) is 0 Å². The van der Waals surface area contributed by atoms with Gasteiger partial charge in [-0.2, -0.15) is 0 Å². The summed E-state index contributed by atoms with van der Waals surface area (Å²) in [5, 5.41) is 0.702. The van der Waals surface area contributed by atoms with Gasteiger partial charge in [0.05, 0.1) is 0 Å². The number of halogens is 1. The average Bonchev–Trinajstić information content (AvgIpc) is 2.42. The van der Waals surface area contributed by atoms with E-state index in [1.54, 1.807) is 18.2 Å². The van der Waals surface area contributed by atoms with Crippen molar-refractivity contribution in [2.45, 2.75) is 43.0 Å². The highest BCUT2D eigenvalue weighted by atomic mass is 32.2. The molecule has 0 spiro atoms. The minimum absolute atomic E-state index is 0.218. The summed E-state index contributed by atoms with van der Waals surface area (Å²) in [6, 6.07) is 6.63. The zero-order chi connectivity index (χ0) is 15.6. The van der Waals surface area contributed by atoms with Crippen molar-refractivity contribution in [3.8, 4) is 0 Å². The van der Waals surface area contributed by atoms with Crippen LogP contribution in [0.2, 0.25) is 0 Å². The molecule has 112 valence electrons. The summed E-state index contributed by atoms with van der Waals surface area (Å²) in [4.78, 5) is 9.54. The second kappa shape index (κ2) is 5.99. The zero-order valence-electron chi connectivity index (χ0n) is 12.6. The molecule has 0 amide bonds. The monoisotopic (exact) mass is 306 g/mol. The number of hydrogen-bond acceptors (Lipinski definition) is 5. The van der Waals surface area contributed by atoms with E-state index >= 15 is 0 Å². The quantitative estimate of drug-likeness (QED) is 0.515. The fourth-order valence-electron chi connectivity index (χ4n) is 1.70. The van der Waals surface area contributed by atoms with Gasteiger partial charge in [-0.05, 0) is 19.1 Å². The number of hydrazine groups is 1. The largest absolute Gasteiger partial charge is 0.308 e. The van der Waals surface area contributed by atoms with Gasteiger partial charge in [0.2, 0.25) is 0 Å². The van der Waals surface area contributed by atoms with Crippen LogP contribution in [0.3, 0.4) is 0 Å². The van der Waals surface area contributed by atoms with Gasteiger partial charge < -0.3 is 5.43 Å². The molecule has 0 aliphatic carbocycles. The average molecular weight is 306 g/mol. The van der Waals surface area contributed by atoms with Gasteiger partial charge in [0, 0.05) is 15.9 Å². The molecule has 3 N–H and O–H groups in total. The first-order valence-corrected chi connectivity index (χ1v) is 7.42. The van der Waals surface area contributed by atoms with Crippen molar-refractivity contribution in [1.29, 1.82) is 0 Å². The first kappa shape index (κ1) is 15.7. The van der Waals surface area contributed by atoms with Crippen molar-refractivity contribution >= 4 is 17.6 Å². The summed E-state index contributed by atoms with van der Waals surface area (Å²) in [6.07, 6.45) is 0. The van der Waals surface area contributed by atoms with Crippen molar-refractivity contribution in [3.63, 3.8) is 0 Å². The summed E-state index contributed by atoms with van der Waals surface area (Å²) in [5.41, 5.74) is 3.18. The molecule has 0 aliphatic rings. The van der Waals surface area contributed by atoms with E-state index in [1.807, 2.05) is 27.7 Å². The summed E-state index contributed by atoms with van der Waals surface area (Å²) < 4.78 is 13.8. The molecule has 6 heteroatoms. The van der Waals surface area contributed by atoms with Gasteiger partial charge in [-0.15, -0.1) is 0 Å². The second-order valence-electron chi connectivity index (χ2n) is 5.75. The van der Waals surface area contributed by atoms with E-state index in [9.17, 15) is 4.39 Å². The molecule has 21 heavy (non-hydrogen) atoms. The molecule has 1 aromatic heterocycles. The summed E-state index contributed by atoms with van der Waals surface area (Å²) >= 11 is 1.28. The Morgan fingerprint density at radius 1 is 1.19 bits per heavy atom. The van der Waals surface area contributed by atoms with E-state index in [0.717, 1.165) is 5.56 Å². The molecule has 2 rings (SSSR count). The topological polar surface area (TPSA) is 63.8 Å². The number of nitrogens with two attached hydrogens (primary N) is 1. The number of benzene rings is 1. The lowest BCUT2D eigenvalue weighted by molar-refractivity contribution is 0.538. The van der Waals surface area contributed by atoms with Crippen LogP contribution in [0.5, 0.6) is 0 Å². The van der Waals surface area contributed by atoms with Crippen LogP contribution in [-0.4, -0.2) is 9.97 Å². The van der Waals surface area contributed by atoms with E-state index in [2.05, 4.69) is 15.4 Å². The van der Waals surface area contributed by atoms with E-state index in [0.29, 0.717) is 21.6 Å². The lowest BCUT2D eigenvalue weighted by Gasteiger charge is -2.20. The highest BCUT2D eigenvalue weighted by Crippen LogP contribution is 2.34. The molecule has 0 unspecified atom stereocenters. The van der Waals surface area contributed by atoms with Crippen LogP contribution in [-0.2, 0) is 5.41 Å². The van der Waals surface area contributed by atoms with Crippen molar-refractivity contribution in [2.75, 3.05) is 5.43 Å². The molecule has 0 atom stereocenters. The Labute approximate surface area is 128 Å². The predicted octanol–water partition coefficient (Wildman–Crippen LogP) is 3.66. The Kier molecular flexibility index (Phi) is 4.49. The fraction of sp³-hybridized carbons (Fsp3) is 0.333. The second-order valence-corrected chi connectivity index (χ2v) is 6.78. The number of rotatable bonds is 3. The Balaban J connectivity index is 2.50. The first-order chi connectivity index (χ1) is 9.82. The maximum Gasteiger partial charge on any atom is 0.147 e. The lowest BCUT2D eigenvalue weighted by Crippen LogP contribution is -2.20. The minimum atomic E-state index is -0.264. The van der Waals surface area contributed by atoms with Gasteiger partial charge in [0.1, 0.15) is 22.5 Å². The van der Waals surface area contributed by atoms with E-state index < -0.39 is 0 Å². The predicted molar refractivity (Wildman–Crippen MR) is 83.8 cm³/mol. The molecule has 4 nitrogen and oxygen atoms in total. The fourth-order valence-corrected chi connectivity index (χ4v) is 2.61. The van der Waals surface area contributed by atoms with Crippen LogP contribution < -0.4 is 11.3 Å². The maximum atomic E-state index is 13.8. The first-order valence-electron chi connectivity index (χ1n) is 6.61. The summed E-state index contributed by atoms with van der Waals surface area (Å²) in [5.74, 6) is 6.50.